The Balaban J connectivity index is 1.86. The van der Waals surface area contributed by atoms with Gasteiger partial charge in [0.05, 0.1) is 11.8 Å². The molecule has 0 aliphatic carbocycles. The molecule has 0 amide bonds. The molecule has 0 aromatic carbocycles. The van der Waals surface area contributed by atoms with Crippen molar-refractivity contribution in [2.24, 2.45) is 0 Å². The molecular weight excluding hydrogens is 228 g/mol. The largest absolute Gasteiger partial charge is 0.369 e. The summed E-state index contributed by atoms with van der Waals surface area (Å²) in [5, 5.41) is 19.8. The third kappa shape index (κ3) is 3.04. The van der Waals surface area contributed by atoms with E-state index in [2.05, 4.69) is 26.7 Å². The summed E-state index contributed by atoms with van der Waals surface area (Å²) < 4.78 is 1.77. The summed E-state index contributed by atoms with van der Waals surface area (Å²) >= 11 is 0. The van der Waals surface area contributed by atoms with E-state index in [9.17, 15) is 0 Å². The van der Waals surface area contributed by atoms with Gasteiger partial charge in [-0.3, -0.25) is 4.68 Å². The Labute approximate surface area is 105 Å². The smallest absolute Gasteiger partial charge is 0.144 e. The molecule has 0 radical (unpaired) electrons. The molecule has 0 saturated carbocycles. The first-order valence-electron chi connectivity index (χ1n) is 5.75. The van der Waals surface area contributed by atoms with Gasteiger partial charge in [0.15, 0.2) is 0 Å². The SMILES string of the molecule is Cc1ccc(C#N)c(NCCCn2ccnn2)n1. The minimum atomic E-state index is 0.571. The number of nitrogens with one attached hydrogen (secondary N) is 1. The normalized spacial score (nSPS) is 10.0. The molecule has 1 N–H and O–H groups in total. The van der Waals surface area contributed by atoms with Crippen LogP contribution in [0.15, 0.2) is 24.5 Å². The van der Waals surface area contributed by atoms with Gasteiger partial charge in [-0.25, -0.2) is 4.98 Å². The summed E-state index contributed by atoms with van der Waals surface area (Å²) in [5.74, 6) is 0.649. The molecule has 2 rings (SSSR count). The number of aromatic nitrogens is 4. The van der Waals surface area contributed by atoms with Crippen molar-refractivity contribution in [3.8, 4) is 6.07 Å². The van der Waals surface area contributed by atoms with E-state index < -0.39 is 0 Å². The zero-order valence-corrected chi connectivity index (χ0v) is 10.2. The Bertz CT molecular complexity index is 540. The van der Waals surface area contributed by atoms with Crippen molar-refractivity contribution >= 4 is 5.82 Å². The molecule has 0 bridgehead atoms. The molecule has 0 fully saturated rings. The van der Waals surface area contributed by atoms with Crippen molar-refractivity contribution in [2.45, 2.75) is 19.9 Å². The Morgan fingerprint density at radius 1 is 1.44 bits per heavy atom. The highest BCUT2D eigenvalue weighted by Crippen LogP contribution is 2.11. The number of rotatable bonds is 5. The second-order valence-corrected chi connectivity index (χ2v) is 3.91. The Hall–Kier alpha value is -2.42. The number of hydrogen-bond acceptors (Lipinski definition) is 5. The molecule has 0 saturated heterocycles. The highest BCUT2D eigenvalue weighted by Gasteiger charge is 2.02. The number of anilines is 1. The highest BCUT2D eigenvalue weighted by atomic mass is 15.4. The number of aryl methyl sites for hydroxylation is 2. The van der Waals surface area contributed by atoms with Crippen LogP contribution in [-0.2, 0) is 6.54 Å². The van der Waals surface area contributed by atoms with E-state index in [0.29, 0.717) is 11.4 Å². The monoisotopic (exact) mass is 242 g/mol. The minimum Gasteiger partial charge on any atom is -0.369 e. The maximum atomic E-state index is 8.96. The first-order valence-corrected chi connectivity index (χ1v) is 5.75. The molecule has 0 unspecified atom stereocenters. The zero-order valence-electron chi connectivity index (χ0n) is 10.2. The molecular formula is C12H14N6. The van der Waals surface area contributed by atoms with Crippen molar-refractivity contribution in [3.63, 3.8) is 0 Å². The third-order valence-corrected chi connectivity index (χ3v) is 2.48. The van der Waals surface area contributed by atoms with Gasteiger partial charge in [0, 0.05) is 25.0 Å². The van der Waals surface area contributed by atoms with Crippen molar-refractivity contribution in [2.75, 3.05) is 11.9 Å². The quantitative estimate of drug-likeness (QED) is 0.801. The predicted octanol–water partition coefficient (Wildman–Crippen LogP) is 1.36. The maximum absolute atomic E-state index is 8.96. The van der Waals surface area contributed by atoms with Gasteiger partial charge in [-0.1, -0.05) is 5.21 Å². The van der Waals surface area contributed by atoms with E-state index in [0.717, 1.165) is 25.2 Å². The van der Waals surface area contributed by atoms with Gasteiger partial charge >= 0.3 is 0 Å². The average Bonchev–Trinajstić information content (AvgIpc) is 2.88. The molecule has 0 spiro atoms. The van der Waals surface area contributed by atoms with Gasteiger partial charge in [-0.15, -0.1) is 5.10 Å². The van der Waals surface area contributed by atoms with Crippen LogP contribution in [0.25, 0.3) is 0 Å². The summed E-state index contributed by atoms with van der Waals surface area (Å²) in [6.45, 7) is 3.44. The standard InChI is InChI=1S/C12H14N6/c1-10-3-4-11(9-13)12(16-10)14-5-2-7-18-8-6-15-17-18/h3-4,6,8H,2,5,7H2,1H3,(H,14,16). The zero-order chi connectivity index (χ0) is 12.8. The minimum absolute atomic E-state index is 0.571. The lowest BCUT2D eigenvalue weighted by molar-refractivity contribution is 0.569. The number of nitriles is 1. The lowest BCUT2D eigenvalue weighted by Crippen LogP contribution is -2.09. The second-order valence-electron chi connectivity index (χ2n) is 3.91. The number of hydrogen-bond donors (Lipinski definition) is 1. The lowest BCUT2D eigenvalue weighted by Gasteiger charge is -2.07. The van der Waals surface area contributed by atoms with Crippen LogP contribution in [0.5, 0.6) is 0 Å². The molecule has 2 aromatic heterocycles. The highest BCUT2D eigenvalue weighted by molar-refractivity contribution is 5.52. The fourth-order valence-electron chi connectivity index (χ4n) is 1.58. The van der Waals surface area contributed by atoms with E-state index in [1.807, 2.05) is 19.2 Å². The Kier molecular flexibility index (Phi) is 3.86. The molecule has 2 heterocycles. The molecule has 6 heteroatoms. The number of nitrogens with zero attached hydrogens (tertiary/aromatic N) is 5. The van der Waals surface area contributed by atoms with Gasteiger partial charge in [0.2, 0.25) is 0 Å². The second kappa shape index (κ2) is 5.77. The fraction of sp³-hybridized carbons (Fsp3) is 0.333. The van der Waals surface area contributed by atoms with Gasteiger partial charge in [0.1, 0.15) is 11.9 Å². The average molecular weight is 242 g/mol. The van der Waals surface area contributed by atoms with Crippen LogP contribution in [0, 0.1) is 18.3 Å². The van der Waals surface area contributed by atoms with Gasteiger partial charge < -0.3 is 5.32 Å². The van der Waals surface area contributed by atoms with Gasteiger partial charge in [-0.2, -0.15) is 5.26 Å². The summed E-state index contributed by atoms with van der Waals surface area (Å²) in [6, 6.07) is 5.74. The lowest BCUT2D eigenvalue weighted by atomic mass is 10.2. The van der Waals surface area contributed by atoms with Crippen molar-refractivity contribution in [1.82, 2.24) is 20.0 Å². The van der Waals surface area contributed by atoms with Crippen LogP contribution in [0.2, 0.25) is 0 Å². The van der Waals surface area contributed by atoms with Crippen molar-refractivity contribution in [3.05, 3.63) is 35.8 Å². The molecule has 6 nitrogen and oxygen atoms in total. The van der Waals surface area contributed by atoms with Crippen LogP contribution in [0.3, 0.4) is 0 Å². The molecule has 92 valence electrons. The van der Waals surface area contributed by atoms with Crippen LogP contribution in [-0.4, -0.2) is 26.5 Å². The topological polar surface area (TPSA) is 79.4 Å². The van der Waals surface area contributed by atoms with Gasteiger partial charge in [-0.05, 0) is 25.5 Å². The van der Waals surface area contributed by atoms with E-state index in [4.69, 9.17) is 5.26 Å². The van der Waals surface area contributed by atoms with E-state index in [1.165, 1.54) is 0 Å². The first-order chi connectivity index (χ1) is 8.79. The van der Waals surface area contributed by atoms with E-state index in [-0.39, 0.29) is 0 Å². The maximum Gasteiger partial charge on any atom is 0.144 e. The van der Waals surface area contributed by atoms with Gasteiger partial charge in [0.25, 0.3) is 0 Å². The van der Waals surface area contributed by atoms with Crippen LogP contribution in [0.4, 0.5) is 5.82 Å². The molecule has 2 aromatic rings. The summed E-state index contributed by atoms with van der Waals surface area (Å²) in [7, 11) is 0. The number of pyridine rings is 1. The predicted molar refractivity (Wildman–Crippen MR) is 66.8 cm³/mol. The fourth-order valence-corrected chi connectivity index (χ4v) is 1.58. The Morgan fingerprint density at radius 3 is 3.06 bits per heavy atom. The van der Waals surface area contributed by atoms with Crippen LogP contribution in [0.1, 0.15) is 17.7 Å². The molecule has 0 aliphatic rings. The Morgan fingerprint density at radius 2 is 2.33 bits per heavy atom. The van der Waals surface area contributed by atoms with Crippen LogP contribution < -0.4 is 5.32 Å². The molecule has 0 atom stereocenters. The molecule has 0 aliphatic heterocycles. The first kappa shape index (κ1) is 12.0. The van der Waals surface area contributed by atoms with Crippen molar-refractivity contribution in [1.29, 1.82) is 5.26 Å². The van der Waals surface area contributed by atoms with Crippen molar-refractivity contribution < 1.29 is 0 Å². The summed E-state index contributed by atoms with van der Waals surface area (Å²) in [6.07, 6.45) is 4.37. The van der Waals surface area contributed by atoms with Crippen LogP contribution >= 0.6 is 0 Å². The molecule has 18 heavy (non-hydrogen) atoms. The van der Waals surface area contributed by atoms with E-state index in [1.54, 1.807) is 16.9 Å². The van der Waals surface area contributed by atoms with E-state index >= 15 is 0 Å². The summed E-state index contributed by atoms with van der Waals surface area (Å²) in [5.41, 5.74) is 1.47. The third-order valence-electron chi connectivity index (χ3n) is 2.48. The summed E-state index contributed by atoms with van der Waals surface area (Å²) in [4.78, 5) is 4.31.